The maximum Gasteiger partial charge on any atom is 0.333 e. The Kier molecular flexibility index (Phi) is 12.0. The summed E-state index contributed by atoms with van der Waals surface area (Å²) in [5.41, 5.74) is 0.256. The average Bonchev–Trinajstić information content (AvgIpc) is 2.42. The minimum absolute atomic E-state index is 0.129. The summed E-state index contributed by atoms with van der Waals surface area (Å²) in [6.45, 7) is 14.8. The van der Waals surface area contributed by atoms with Crippen molar-refractivity contribution in [3.8, 4) is 0 Å². The van der Waals surface area contributed by atoms with E-state index in [9.17, 15) is 4.79 Å². The van der Waals surface area contributed by atoms with E-state index in [4.69, 9.17) is 23.7 Å². The molecule has 0 atom stereocenters. The molecule has 0 spiro atoms. The van der Waals surface area contributed by atoms with E-state index in [-0.39, 0.29) is 12.2 Å². The van der Waals surface area contributed by atoms with E-state index in [2.05, 4.69) is 6.58 Å². The van der Waals surface area contributed by atoms with Crippen LogP contribution in [0.3, 0.4) is 0 Å². The van der Waals surface area contributed by atoms with E-state index in [1.54, 1.807) is 6.92 Å². The maximum atomic E-state index is 11.1. The van der Waals surface area contributed by atoms with Crippen molar-refractivity contribution in [2.75, 3.05) is 52.9 Å². The first-order valence-electron chi connectivity index (χ1n) is 7.53. The van der Waals surface area contributed by atoms with Gasteiger partial charge in [-0.3, -0.25) is 0 Å². The Labute approximate surface area is 133 Å². The molecule has 0 fully saturated rings. The predicted molar refractivity (Wildman–Crippen MR) is 83.9 cm³/mol. The first kappa shape index (κ1) is 21.0. The van der Waals surface area contributed by atoms with Gasteiger partial charge in [-0.15, -0.1) is 0 Å². The highest BCUT2D eigenvalue weighted by molar-refractivity contribution is 5.86. The number of esters is 1. The summed E-state index contributed by atoms with van der Waals surface area (Å²) in [5.74, 6) is -0.396. The topological polar surface area (TPSA) is 63.2 Å². The van der Waals surface area contributed by atoms with Crippen molar-refractivity contribution >= 4 is 5.97 Å². The molecule has 6 nitrogen and oxygen atoms in total. The Bertz CT molecular complexity index is 308. The lowest BCUT2D eigenvalue weighted by atomic mass is 10.2. The molecular formula is C16H30O6. The number of carbonyl (C=O) groups is 1. The Balaban J connectivity index is 3.15. The van der Waals surface area contributed by atoms with Crippen molar-refractivity contribution in [2.24, 2.45) is 0 Å². The fraction of sp³-hybridized carbons (Fsp3) is 0.812. The third-order valence-corrected chi connectivity index (χ3v) is 2.32. The molecule has 0 aliphatic heterocycles. The van der Waals surface area contributed by atoms with Gasteiger partial charge in [-0.05, 0) is 27.7 Å². The van der Waals surface area contributed by atoms with Gasteiger partial charge in [0, 0.05) is 5.57 Å². The SMILES string of the molecule is C=C(C)C(=O)OCCOCCOCCOCCOC(C)(C)C. The summed E-state index contributed by atoms with van der Waals surface area (Å²) in [6.07, 6.45) is 0. The van der Waals surface area contributed by atoms with Gasteiger partial charge in [0.1, 0.15) is 6.61 Å². The number of hydrogen-bond donors (Lipinski definition) is 0. The Hall–Kier alpha value is -0.950. The molecule has 0 N–H and O–H groups in total. The molecule has 0 aromatic rings. The zero-order valence-corrected chi connectivity index (χ0v) is 14.3. The maximum absolute atomic E-state index is 11.1. The summed E-state index contributed by atoms with van der Waals surface area (Å²) in [4.78, 5) is 11.1. The largest absolute Gasteiger partial charge is 0.460 e. The number of ether oxygens (including phenoxy) is 5. The van der Waals surface area contributed by atoms with Gasteiger partial charge in [0.05, 0.1) is 51.8 Å². The van der Waals surface area contributed by atoms with E-state index in [0.717, 1.165) is 0 Å². The predicted octanol–water partition coefficient (Wildman–Crippen LogP) is 1.97. The molecule has 0 amide bonds. The van der Waals surface area contributed by atoms with Crippen molar-refractivity contribution in [1.29, 1.82) is 0 Å². The normalized spacial score (nSPS) is 11.5. The van der Waals surface area contributed by atoms with Crippen LogP contribution in [-0.2, 0) is 28.5 Å². The highest BCUT2D eigenvalue weighted by Gasteiger charge is 2.08. The number of carbonyl (C=O) groups excluding carboxylic acids is 1. The van der Waals surface area contributed by atoms with Crippen LogP contribution in [0.1, 0.15) is 27.7 Å². The molecular weight excluding hydrogens is 288 g/mol. The van der Waals surface area contributed by atoms with Gasteiger partial charge >= 0.3 is 5.97 Å². The van der Waals surface area contributed by atoms with E-state index >= 15 is 0 Å². The van der Waals surface area contributed by atoms with Crippen LogP contribution in [-0.4, -0.2) is 64.4 Å². The van der Waals surface area contributed by atoms with Gasteiger partial charge in [-0.2, -0.15) is 0 Å². The van der Waals surface area contributed by atoms with E-state index in [0.29, 0.717) is 51.8 Å². The molecule has 0 aromatic heterocycles. The van der Waals surface area contributed by atoms with Gasteiger partial charge < -0.3 is 23.7 Å². The minimum atomic E-state index is -0.396. The molecule has 130 valence electrons. The lowest BCUT2D eigenvalue weighted by Gasteiger charge is -2.19. The second-order valence-corrected chi connectivity index (χ2v) is 5.71. The standard InChI is InChI=1S/C16H30O6/c1-14(2)15(17)21-12-10-19-8-6-18-7-9-20-11-13-22-16(3,4)5/h1,6-13H2,2-5H3. The summed E-state index contributed by atoms with van der Waals surface area (Å²) in [5, 5.41) is 0. The van der Waals surface area contributed by atoms with Crippen LogP contribution in [0.5, 0.6) is 0 Å². The summed E-state index contributed by atoms with van der Waals surface area (Å²) >= 11 is 0. The minimum Gasteiger partial charge on any atom is -0.460 e. The van der Waals surface area contributed by atoms with Crippen LogP contribution in [0.15, 0.2) is 12.2 Å². The molecule has 0 aliphatic carbocycles. The Morgan fingerprint density at radius 1 is 0.818 bits per heavy atom. The quantitative estimate of drug-likeness (QED) is 0.294. The van der Waals surface area contributed by atoms with Crippen molar-refractivity contribution in [3.63, 3.8) is 0 Å². The average molecular weight is 318 g/mol. The monoisotopic (exact) mass is 318 g/mol. The lowest BCUT2D eigenvalue weighted by Crippen LogP contribution is -2.22. The molecule has 0 unspecified atom stereocenters. The molecule has 0 heterocycles. The van der Waals surface area contributed by atoms with Gasteiger partial charge in [0.25, 0.3) is 0 Å². The van der Waals surface area contributed by atoms with Crippen LogP contribution in [0.25, 0.3) is 0 Å². The van der Waals surface area contributed by atoms with Crippen molar-refractivity contribution < 1.29 is 28.5 Å². The summed E-state index contributed by atoms with van der Waals surface area (Å²) in [7, 11) is 0. The molecule has 0 aliphatic rings. The van der Waals surface area contributed by atoms with Crippen LogP contribution >= 0.6 is 0 Å². The lowest BCUT2D eigenvalue weighted by molar-refractivity contribution is -0.140. The van der Waals surface area contributed by atoms with E-state index in [1.807, 2.05) is 20.8 Å². The zero-order valence-electron chi connectivity index (χ0n) is 14.3. The molecule has 22 heavy (non-hydrogen) atoms. The number of rotatable bonds is 13. The first-order chi connectivity index (χ1) is 10.3. The number of hydrogen-bond acceptors (Lipinski definition) is 6. The smallest absolute Gasteiger partial charge is 0.333 e. The first-order valence-corrected chi connectivity index (χ1v) is 7.53. The third-order valence-electron chi connectivity index (χ3n) is 2.32. The second kappa shape index (κ2) is 12.6. The highest BCUT2D eigenvalue weighted by atomic mass is 16.6. The molecule has 6 heteroatoms. The van der Waals surface area contributed by atoms with Gasteiger partial charge in [-0.1, -0.05) is 6.58 Å². The van der Waals surface area contributed by atoms with Crippen LogP contribution < -0.4 is 0 Å². The summed E-state index contributed by atoms with van der Waals surface area (Å²) < 4.78 is 26.3. The fourth-order valence-corrected chi connectivity index (χ4v) is 1.27. The van der Waals surface area contributed by atoms with Crippen LogP contribution in [0, 0.1) is 0 Å². The van der Waals surface area contributed by atoms with Crippen LogP contribution in [0.2, 0.25) is 0 Å². The molecule has 0 saturated heterocycles. The van der Waals surface area contributed by atoms with Gasteiger partial charge in [0.2, 0.25) is 0 Å². The Morgan fingerprint density at radius 3 is 1.64 bits per heavy atom. The molecule has 0 aromatic carbocycles. The van der Waals surface area contributed by atoms with E-state index < -0.39 is 5.97 Å². The molecule has 0 radical (unpaired) electrons. The van der Waals surface area contributed by atoms with Crippen molar-refractivity contribution in [3.05, 3.63) is 12.2 Å². The van der Waals surface area contributed by atoms with Crippen molar-refractivity contribution in [1.82, 2.24) is 0 Å². The summed E-state index contributed by atoms with van der Waals surface area (Å²) in [6, 6.07) is 0. The van der Waals surface area contributed by atoms with Gasteiger partial charge in [-0.25, -0.2) is 4.79 Å². The Morgan fingerprint density at radius 2 is 1.23 bits per heavy atom. The fourth-order valence-electron chi connectivity index (χ4n) is 1.27. The van der Waals surface area contributed by atoms with E-state index in [1.165, 1.54) is 0 Å². The third kappa shape index (κ3) is 15.4. The molecule has 0 bridgehead atoms. The second-order valence-electron chi connectivity index (χ2n) is 5.71. The highest BCUT2D eigenvalue weighted by Crippen LogP contribution is 2.05. The molecule has 0 saturated carbocycles. The van der Waals surface area contributed by atoms with Crippen molar-refractivity contribution in [2.45, 2.75) is 33.3 Å². The molecule has 0 rings (SSSR count). The van der Waals surface area contributed by atoms with Crippen LogP contribution in [0.4, 0.5) is 0 Å². The zero-order chi connectivity index (χ0) is 16.8. The van der Waals surface area contributed by atoms with Gasteiger partial charge in [0.15, 0.2) is 0 Å².